The molecule has 34 heavy (non-hydrogen) atoms. The standard InChI is InChI=1S/C19H26N2O4S.2C2H4O2/c1-20(2)17-12-26(22,23)19-10-21(9-16(17)19)8-13-6-14-7-15(24-3)4-5-18(14)25-11-13;2*1-2(3)4/h4-7,16-17,19H,8-12H2,1-3H3;2*1H3,(H,3,4)/t16-,17+,19-;;/m0../s1. The highest BCUT2D eigenvalue weighted by Crippen LogP contribution is 2.37. The third-order valence-corrected chi connectivity index (χ3v) is 8.05. The third kappa shape index (κ3) is 7.44. The van der Waals surface area contributed by atoms with Crippen LogP contribution >= 0.6 is 0 Å². The van der Waals surface area contributed by atoms with Crippen molar-refractivity contribution in [1.29, 1.82) is 0 Å². The van der Waals surface area contributed by atoms with Crippen molar-refractivity contribution in [2.75, 3.05) is 53.2 Å². The van der Waals surface area contributed by atoms with Crippen molar-refractivity contribution in [1.82, 2.24) is 9.80 Å². The lowest BCUT2D eigenvalue weighted by Crippen LogP contribution is -2.38. The van der Waals surface area contributed by atoms with Gasteiger partial charge in [-0.3, -0.25) is 14.5 Å². The first-order valence-corrected chi connectivity index (χ1v) is 12.5. The quantitative estimate of drug-likeness (QED) is 0.626. The fourth-order valence-corrected chi connectivity index (χ4v) is 6.99. The Hall–Kier alpha value is -2.63. The van der Waals surface area contributed by atoms with Crippen LogP contribution in [0, 0.1) is 5.92 Å². The highest BCUT2D eigenvalue weighted by atomic mass is 32.2. The fourth-order valence-electron chi connectivity index (χ4n) is 4.48. The van der Waals surface area contributed by atoms with E-state index >= 15 is 0 Å². The van der Waals surface area contributed by atoms with Gasteiger partial charge in [-0.2, -0.15) is 0 Å². The molecule has 0 aromatic heterocycles. The number of hydrogen-bond donors (Lipinski definition) is 2. The van der Waals surface area contributed by atoms with Crippen LogP contribution in [0.2, 0.25) is 0 Å². The monoisotopic (exact) mass is 498 g/mol. The lowest BCUT2D eigenvalue weighted by molar-refractivity contribution is -0.135. The molecular weight excluding hydrogens is 464 g/mol. The molecule has 2 fully saturated rings. The Morgan fingerprint density at radius 3 is 2.35 bits per heavy atom. The summed E-state index contributed by atoms with van der Waals surface area (Å²) in [5, 5.41) is 14.6. The summed E-state index contributed by atoms with van der Waals surface area (Å²) in [5.74, 6) is 0.498. The summed E-state index contributed by atoms with van der Waals surface area (Å²) in [6.07, 6.45) is 2.15. The van der Waals surface area contributed by atoms with E-state index in [2.05, 4.69) is 15.9 Å². The molecule has 3 atom stereocenters. The zero-order chi connectivity index (χ0) is 25.6. The van der Waals surface area contributed by atoms with Crippen molar-refractivity contribution < 1.29 is 37.7 Å². The summed E-state index contributed by atoms with van der Waals surface area (Å²) >= 11 is 0. The molecular formula is C23H34N2O8S. The lowest BCUT2D eigenvalue weighted by Gasteiger charge is -2.26. The van der Waals surface area contributed by atoms with Crippen LogP contribution in [0.1, 0.15) is 19.4 Å². The SMILES string of the molecule is CC(=O)O.CC(=O)O.COc1ccc2c(c1)C=C(CN1C[C@H]3[C@H](N(C)C)CS(=O)(=O)[C@H]3C1)CO2. The zero-order valence-corrected chi connectivity index (χ0v) is 21.0. The molecule has 10 nitrogen and oxygen atoms in total. The number of benzene rings is 1. The number of carboxylic acids is 2. The van der Waals surface area contributed by atoms with E-state index < -0.39 is 21.8 Å². The maximum atomic E-state index is 12.5. The van der Waals surface area contributed by atoms with Crippen molar-refractivity contribution in [3.63, 3.8) is 0 Å². The van der Waals surface area contributed by atoms with Gasteiger partial charge in [0.25, 0.3) is 11.9 Å². The first kappa shape index (κ1) is 27.6. The molecule has 2 saturated heterocycles. The molecule has 0 spiro atoms. The third-order valence-electron chi connectivity index (χ3n) is 5.82. The fraction of sp³-hybridized carbons (Fsp3) is 0.565. The van der Waals surface area contributed by atoms with E-state index in [1.165, 1.54) is 5.57 Å². The molecule has 0 amide bonds. The Morgan fingerprint density at radius 2 is 1.79 bits per heavy atom. The smallest absolute Gasteiger partial charge is 0.300 e. The largest absolute Gasteiger partial charge is 0.497 e. The second kappa shape index (κ2) is 11.7. The number of nitrogens with zero attached hydrogens (tertiary/aromatic N) is 2. The Morgan fingerprint density at radius 1 is 1.18 bits per heavy atom. The molecule has 1 aromatic carbocycles. The average molecular weight is 499 g/mol. The first-order valence-electron chi connectivity index (χ1n) is 10.8. The van der Waals surface area contributed by atoms with Gasteiger partial charge in [0.1, 0.15) is 18.1 Å². The number of sulfone groups is 1. The summed E-state index contributed by atoms with van der Waals surface area (Å²) in [7, 11) is 2.61. The number of rotatable bonds is 4. The number of carbonyl (C=O) groups is 2. The maximum Gasteiger partial charge on any atom is 0.300 e. The van der Waals surface area contributed by atoms with Gasteiger partial charge < -0.3 is 24.6 Å². The van der Waals surface area contributed by atoms with E-state index in [1.54, 1.807) is 7.11 Å². The predicted octanol–water partition coefficient (Wildman–Crippen LogP) is 1.31. The molecule has 190 valence electrons. The van der Waals surface area contributed by atoms with Crippen molar-refractivity contribution in [3.8, 4) is 11.5 Å². The normalized spacial score (nSPS) is 24.3. The summed E-state index contributed by atoms with van der Waals surface area (Å²) in [5.41, 5.74) is 2.19. The Bertz CT molecular complexity index is 1000. The zero-order valence-electron chi connectivity index (χ0n) is 20.2. The molecule has 3 heterocycles. The number of fused-ring (bicyclic) bond motifs is 2. The van der Waals surface area contributed by atoms with E-state index in [-0.39, 0.29) is 17.2 Å². The van der Waals surface area contributed by atoms with Crippen LogP contribution in [0.3, 0.4) is 0 Å². The molecule has 0 radical (unpaired) electrons. The van der Waals surface area contributed by atoms with Crippen molar-refractivity contribution in [3.05, 3.63) is 29.3 Å². The molecule has 0 aliphatic carbocycles. The van der Waals surface area contributed by atoms with Crippen LogP contribution in [0.15, 0.2) is 23.8 Å². The van der Waals surface area contributed by atoms with Gasteiger partial charge in [-0.25, -0.2) is 8.42 Å². The van der Waals surface area contributed by atoms with Gasteiger partial charge in [0.15, 0.2) is 9.84 Å². The van der Waals surface area contributed by atoms with Crippen molar-refractivity contribution >= 4 is 27.9 Å². The Kier molecular flexibility index (Phi) is 9.48. The van der Waals surface area contributed by atoms with E-state index in [0.717, 1.165) is 44.0 Å². The van der Waals surface area contributed by atoms with E-state index in [9.17, 15) is 8.42 Å². The molecule has 4 rings (SSSR count). The van der Waals surface area contributed by atoms with Crippen LogP contribution in [0.5, 0.6) is 11.5 Å². The van der Waals surface area contributed by atoms with Crippen LogP contribution < -0.4 is 9.47 Å². The number of likely N-dealkylation sites (tertiary alicyclic amines) is 1. The maximum absolute atomic E-state index is 12.5. The second-order valence-corrected chi connectivity index (χ2v) is 11.1. The van der Waals surface area contributed by atoms with E-state index in [0.29, 0.717) is 18.9 Å². The molecule has 1 aromatic rings. The van der Waals surface area contributed by atoms with Gasteiger partial charge in [-0.05, 0) is 43.9 Å². The van der Waals surface area contributed by atoms with Crippen molar-refractivity contribution in [2.24, 2.45) is 5.92 Å². The molecule has 0 saturated carbocycles. The lowest BCUT2D eigenvalue weighted by atomic mass is 10.00. The summed E-state index contributed by atoms with van der Waals surface area (Å²) < 4.78 is 36.2. The number of carboxylic acid groups (broad SMARTS) is 2. The van der Waals surface area contributed by atoms with Gasteiger partial charge >= 0.3 is 0 Å². The van der Waals surface area contributed by atoms with Crippen LogP contribution in [0.25, 0.3) is 6.08 Å². The van der Waals surface area contributed by atoms with Gasteiger partial charge in [0.2, 0.25) is 0 Å². The molecule has 0 bridgehead atoms. The van der Waals surface area contributed by atoms with Crippen LogP contribution in [-0.2, 0) is 19.4 Å². The highest BCUT2D eigenvalue weighted by molar-refractivity contribution is 7.92. The number of aliphatic carboxylic acids is 2. The highest BCUT2D eigenvalue weighted by Gasteiger charge is 2.52. The predicted molar refractivity (Wildman–Crippen MR) is 128 cm³/mol. The van der Waals surface area contributed by atoms with Crippen LogP contribution in [-0.4, -0.2) is 105 Å². The van der Waals surface area contributed by atoms with Gasteiger partial charge in [0.05, 0.1) is 18.1 Å². The Labute approximate surface area is 200 Å². The number of methoxy groups -OCH3 is 1. The van der Waals surface area contributed by atoms with Crippen molar-refractivity contribution in [2.45, 2.75) is 25.1 Å². The first-order chi connectivity index (χ1) is 15.8. The minimum absolute atomic E-state index is 0.122. The average Bonchev–Trinajstić information content (AvgIpc) is 3.24. The minimum Gasteiger partial charge on any atom is -0.497 e. The summed E-state index contributed by atoms with van der Waals surface area (Å²) in [4.78, 5) is 22.3. The van der Waals surface area contributed by atoms with Gasteiger partial charge in [0, 0.05) is 51.0 Å². The Balaban J connectivity index is 0.000000446. The minimum atomic E-state index is -3.00. The molecule has 11 heteroatoms. The van der Waals surface area contributed by atoms with Crippen LogP contribution in [0.4, 0.5) is 0 Å². The topological polar surface area (TPSA) is 134 Å². The van der Waals surface area contributed by atoms with Gasteiger partial charge in [-0.15, -0.1) is 0 Å². The number of ether oxygens (including phenoxy) is 2. The van der Waals surface area contributed by atoms with E-state index in [1.807, 2.05) is 32.3 Å². The second-order valence-electron chi connectivity index (χ2n) is 8.79. The molecule has 0 unspecified atom stereocenters. The summed E-state index contributed by atoms with van der Waals surface area (Å²) in [6.45, 7) is 4.92. The molecule has 3 aliphatic heterocycles. The number of hydrogen-bond acceptors (Lipinski definition) is 8. The molecule has 2 N–H and O–H groups in total. The summed E-state index contributed by atoms with van der Waals surface area (Å²) in [6, 6.07) is 5.91. The van der Waals surface area contributed by atoms with E-state index in [4.69, 9.17) is 29.3 Å². The van der Waals surface area contributed by atoms with Gasteiger partial charge in [-0.1, -0.05) is 0 Å². The molecule has 3 aliphatic rings.